The Balaban J connectivity index is 1.68. The first-order valence-corrected chi connectivity index (χ1v) is 9.44. The van der Waals surface area contributed by atoms with E-state index in [2.05, 4.69) is 5.10 Å². The smallest absolute Gasteiger partial charge is 0.337 e. The lowest BCUT2D eigenvalue weighted by molar-refractivity contribution is -0.129. The van der Waals surface area contributed by atoms with E-state index < -0.39 is 5.97 Å². The van der Waals surface area contributed by atoms with Gasteiger partial charge in [-0.1, -0.05) is 84.4 Å². The summed E-state index contributed by atoms with van der Waals surface area (Å²) < 4.78 is 7.14. The van der Waals surface area contributed by atoms with E-state index in [9.17, 15) is 4.79 Å². The lowest BCUT2D eigenvalue weighted by atomic mass is 10.2. The largest absolute Gasteiger partial charge is 0.404 e. The molecule has 0 saturated heterocycles. The van der Waals surface area contributed by atoms with Crippen molar-refractivity contribution >= 4 is 23.6 Å². The van der Waals surface area contributed by atoms with Gasteiger partial charge in [0.25, 0.3) is 0 Å². The Kier molecular flexibility index (Phi) is 5.54. The standard InChI is InChI=1S/C24H17ClN2O2/c25-20-13-7-8-14-22(20)27-23(17-21(26-27)19-11-5-2-6-12-19)29-24(28)16-15-18-9-3-1-4-10-18/h1-17H/b16-15+. The third kappa shape index (κ3) is 4.45. The van der Waals surface area contributed by atoms with Gasteiger partial charge < -0.3 is 4.74 Å². The van der Waals surface area contributed by atoms with Gasteiger partial charge in [-0.2, -0.15) is 9.78 Å². The lowest BCUT2D eigenvalue weighted by Gasteiger charge is -2.08. The van der Waals surface area contributed by atoms with E-state index in [-0.39, 0.29) is 0 Å². The summed E-state index contributed by atoms with van der Waals surface area (Å²) in [5.41, 5.74) is 3.14. The number of para-hydroxylation sites is 1. The highest BCUT2D eigenvalue weighted by atomic mass is 35.5. The van der Waals surface area contributed by atoms with Gasteiger partial charge >= 0.3 is 5.97 Å². The summed E-state index contributed by atoms with van der Waals surface area (Å²) in [5.74, 6) is -0.207. The Morgan fingerprint density at radius 1 is 0.897 bits per heavy atom. The monoisotopic (exact) mass is 400 g/mol. The molecule has 0 radical (unpaired) electrons. The molecule has 0 unspecified atom stereocenters. The van der Waals surface area contributed by atoms with Crippen LogP contribution >= 0.6 is 11.6 Å². The average Bonchev–Trinajstić information content (AvgIpc) is 3.17. The van der Waals surface area contributed by atoms with Crippen LogP contribution in [0.5, 0.6) is 5.88 Å². The van der Waals surface area contributed by atoms with Crippen molar-refractivity contribution in [2.24, 2.45) is 0 Å². The Labute approximate surface area is 173 Å². The van der Waals surface area contributed by atoms with Crippen LogP contribution in [-0.4, -0.2) is 15.7 Å². The maximum Gasteiger partial charge on any atom is 0.337 e. The van der Waals surface area contributed by atoms with Gasteiger partial charge in [-0.25, -0.2) is 4.79 Å². The number of hydrogen-bond donors (Lipinski definition) is 0. The molecule has 0 aliphatic rings. The van der Waals surface area contributed by atoms with Crippen molar-refractivity contribution in [2.45, 2.75) is 0 Å². The van der Waals surface area contributed by atoms with Crippen LogP contribution in [0.3, 0.4) is 0 Å². The molecule has 142 valence electrons. The number of aromatic nitrogens is 2. The fourth-order valence-corrected chi connectivity index (χ4v) is 3.06. The topological polar surface area (TPSA) is 44.1 Å². The maximum absolute atomic E-state index is 12.4. The van der Waals surface area contributed by atoms with Crippen molar-refractivity contribution in [1.29, 1.82) is 0 Å². The first-order chi connectivity index (χ1) is 14.2. The summed E-state index contributed by atoms with van der Waals surface area (Å²) in [6.45, 7) is 0. The van der Waals surface area contributed by atoms with Crippen molar-refractivity contribution < 1.29 is 9.53 Å². The number of carbonyl (C=O) groups is 1. The second kappa shape index (κ2) is 8.59. The normalized spacial score (nSPS) is 10.9. The maximum atomic E-state index is 12.4. The van der Waals surface area contributed by atoms with E-state index in [0.29, 0.717) is 22.3 Å². The van der Waals surface area contributed by atoms with E-state index in [1.54, 1.807) is 22.9 Å². The molecule has 5 heteroatoms. The van der Waals surface area contributed by atoms with E-state index in [4.69, 9.17) is 16.3 Å². The molecule has 0 N–H and O–H groups in total. The molecule has 0 amide bonds. The van der Waals surface area contributed by atoms with Gasteiger partial charge in [-0.3, -0.25) is 0 Å². The molecule has 0 fully saturated rings. The van der Waals surface area contributed by atoms with Crippen molar-refractivity contribution in [3.8, 4) is 22.8 Å². The van der Waals surface area contributed by atoms with Gasteiger partial charge in [0, 0.05) is 17.7 Å². The first-order valence-electron chi connectivity index (χ1n) is 9.06. The molecule has 3 aromatic carbocycles. The van der Waals surface area contributed by atoms with E-state index in [0.717, 1.165) is 11.1 Å². The molecular formula is C24H17ClN2O2. The van der Waals surface area contributed by atoms with Crippen LogP contribution in [0.2, 0.25) is 5.02 Å². The predicted octanol–water partition coefficient (Wildman–Crippen LogP) is 5.81. The molecule has 0 spiro atoms. The number of carbonyl (C=O) groups excluding carboxylic acids is 1. The average molecular weight is 401 g/mol. The Morgan fingerprint density at radius 3 is 2.28 bits per heavy atom. The quantitative estimate of drug-likeness (QED) is 0.313. The van der Waals surface area contributed by atoms with Crippen molar-refractivity contribution in [3.05, 3.63) is 108 Å². The summed E-state index contributed by atoms with van der Waals surface area (Å²) in [4.78, 5) is 12.4. The summed E-state index contributed by atoms with van der Waals surface area (Å²) in [5, 5.41) is 5.12. The van der Waals surface area contributed by atoms with E-state index in [1.807, 2.05) is 78.9 Å². The minimum atomic E-state index is -0.498. The molecule has 1 aromatic heterocycles. The number of esters is 1. The van der Waals surface area contributed by atoms with Crippen LogP contribution in [0.1, 0.15) is 5.56 Å². The zero-order chi connectivity index (χ0) is 20.1. The SMILES string of the molecule is O=C(/C=C/c1ccccc1)Oc1cc(-c2ccccc2)nn1-c1ccccc1Cl. The van der Waals surface area contributed by atoms with Gasteiger partial charge in [0.05, 0.1) is 16.4 Å². The third-order valence-corrected chi connectivity index (χ3v) is 4.56. The molecule has 4 rings (SSSR count). The summed E-state index contributed by atoms with van der Waals surface area (Å²) in [6.07, 6.45) is 3.10. The zero-order valence-corrected chi connectivity index (χ0v) is 16.2. The number of nitrogens with zero attached hydrogens (tertiary/aromatic N) is 2. The Bertz CT molecular complexity index is 1150. The Hall–Kier alpha value is -3.63. The third-order valence-electron chi connectivity index (χ3n) is 4.24. The highest BCUT2D eigenvalue weighted by molar-refractivity contribution is 6.32. The highest BCUT2D eigenvalue weighted by Gasteiger charge is 2.16. The summed E-state index contributed by atoms with van der Waals surface area (Å²) >= 11 is 6.35. The van der Waals surface area contributed by atoms with E-state index >= 15 is 0 Å². The number of halogens is 1. The number of benzene rings is 3. The predicted molar refractivity (Wildman–Crippen MR) is 115 cm³/mol. The number of ether oxygens (including phenoxy) is 1. The molecule has 4 nitrogen and oxygen atoms in total. The molecule has 0 aliphatic carbocycles. The number of rotatable bonds is 5. The van der Waals surface area contributed by atoms with Crippen molar-refractivity contribution in [3.63, 3.8) is 0 Å². The van der Waals surface area contributed by atoms with Crippen molar-refractivity contribution in [2.75, 3.05) is 0 Å². The molecule has 29 heavy (non-hydrogen) atoms. The first kappa shape index (κ1) is 18.7. The zero-order valence-electron chi connectivity index (χ0n) is 15.4. The molecule has 0 aliphatic heterocycles. The second-order valence-electron chi connectivity index (χ2n) is 6.26. The molecular weight excluding hydrogens is 384 g/mol. The van der Waals surface area contributed by atoms with E-state index in [1.165, 1.54) is 6.08 Å². The minimum absolute atomic E-state index is 0.291. The molecule has 0 saturated carbocycles. The van der Waals surface area contributed by atoms with Crippen molar-refractivity contribution in [1.82, 2.24) is 9.78 Å². The molecule has 1 heterocycles. The van der Waals surface area contributed by atoms with Gasteiger partial charge in [-0.15, -0.1) is 0 Å². The number of hydrogen-bond acceptors (Lipinski definition) is 3. The van der Waals surface area contributed by atoms with Gasteiger partial charge in [0.1, 0.15) is 0 Å². The Morgan fingerprint density at radius 2 is 1.55 bits per heavy atom. The fraction of sp³-hybridized carbons (Fsp3) is 0. The van der Waals surface area contributed by atoms with Crippen LogP contribution in [0.25, 0.3) is 23.0 Å². The van der Waals surface area contributed by atoms with Crippen LogP contribution in [0.4, 0.5) is 0 Å². The second-order valence-corrected chi connectivity index (χ2v) is 6.67. The lowest BCUT2D eigenvalue weighted by Crippen LogP contribution is -2.09. The fourth-order valence-electron chi connectivity index (χ4n) is 2.85. The highest BCUT2D eigenvalue weighted by Crippen LogP contribution is 2.29. The van der Waals surface area contributed by atoms with Crippen LogP contribution < -0.4 is 4.74 Å². The van der Waals surface area contributed by atoms with Gasteiger partial charge in [0.2, 0.25) is 5.88 Å². The van der Waals surface area contributed by atoms with Crippen LogP contribution in [0.15, 0.2) is 97.1 Å². The summed E-state index contributed by atoms with van der Waals surface area (Å²) in [6, 6.07) is 28.2. The van der Waals surface area contributed by atoms with Gasteiger partial charge in [-0.05, 0) is 23.8 Å². The van der Waals surface area contributed by atoms with Crippen LogP contribution in [0, 0.1) is 0 Å². The van der Waals surface area contributed by atoms with Crippen LogP contribution in [-0.2, 0) is 4.79 Å². The van der Waals surface area contributed by atoms with Gasteiger partial charge in [0.15, 0.2) is 0 Å². The molecule has 0 bridgehead atoms. The minimum Gasteiger partial charge on any atom is -0.404 e. The molecule has 0 atom stereocenters. The summed E-state index contributed by atoms with van der Waals surface area (Å²) in [7, 11) is 0. The molecule has 4 aromatic rings.